The molecule has 0 fully saturated rings. The Hall–Kier alpha value is -3.26. The number of benzene rings is 2. The van der Waals surface area contributed by atoms with Gasteiger partial charge in [-0.3, -0.25) is 14.9 Å². The number of esters is 1. The van der Waals surface area contributed by atoms with E-state index in [0.717, 1.165) is 0 Å². The molecule has 0 aliphatic rings. The quantitative estimate of drug-likeness (QED) is 0.528. The Morgan fingerprint density at radius 3 is 2.18 bits per heavy atom. The van der Waals surface area contributed by atoms with E-state index in [2.05, 4.69) is 20.7 Å². The number of methoxy groups -OCH3 is 1. The van der Waals surface area contributed by atoms with E-state index in [1.54, 1.807) is 42.5 Å². The Bertz CT molecular complexity index is 895. The monoisotopic (exact) mass is 399 g/mol. The van der Waals surface area contributed by atoms with E-state index in [9.17, 15) is 14.4 Å². The number of nitrogens with one attached hydrogen (secondary N) is 3. The third kappa shape index (κ3) is 5.88. The normalized spacial score (nSPS) is 10.1. The summed E-state index contributed by atoms with van der Waals surface area (Å²) < 4.78 is 4.64. The largest absolute Gasteiger partial charge is 0.465 e. The molecule has 28 heavy (non-hydrogen) atoms. The first-order chi connectivity index (χ1) is 13.3. The minimum absolute atomic E-state index is 0.0470. The van der Waals surface area contributed by atoms with Crippen LogP contribution in [0.4, 0.5) is 5.69 Å². The molecule has 0 unspecified atom stereocenters. The zero-order chi connectivity index (χ0) is 20.7. The molecular weight excluding hydrogens is 378 g/mol. The van der Waals surface area contributed by atoms with Crippen LogP contribution in [-0.4, -0.2) is 36.0 Å². The first kappa shape index (κ1) is 21.0. The summed E-state index contributed by atoms with van der Waals surface area (Å²) in [6.45, 7) is 3.77. The van der Waals surface area contributed by atoms with E-state index in [-0.39, 0.29) is 28.2 Å². The Labute approximate surface area is 168 Å². The Morgan fingerprint density at radius 2 is 1.57 bits per heavy atom. The third-order valence-electron chi connectivity index (χ3n) is 3.60. The summed E-state index contributed by atoms with van der Waals surface area (Å²) in [5, 5.41) is 8.31. The van der Waals surface area contributed by atoms with Crippen molar-refractivity contribution in [3.63, 3.8) is 0 Å². The van der Waals surface area contributed by atoms with Gasteiger partial charge in [-0.2, -0.15) is 0 Å². The molecule has 0 radical (unpaired) electrons. The van der Waals surface area contributed by atoms with Crippen molar-refractivity contribution in [2.75, 3.05) is 12.4 Å². The highest BCUT2D eigenvalue weighted by atomic mass is 32.1. The molecule has 0 aromatic heterocycles. The topological polar surface area (TPSA) is 96.5 Å². The highest BCUT2D eigenvalue weighted by molar-refractivity contribution is 7.80. The number of amides is 2. The van der Waals surface area contributed by atoms with Gasteiger partial charge >= 0.3 is 5.97 Å². The van der Waals surface area contributed by atoms with Gasteiger partial charge < -0.3 is 15.4 Å². The molecule has 0 saturated heterocycles. The minimum Gasteiger partial charge on any atom is -0.465 e. The second-order valence-corrected chi connectivity index (χ2v) is 6.59. The van der Waals surface area contributed by atoms with Gasteiger partial charge in [0, 0.05) is 22.9 Å². The van der Waals surface area contributed by atoms with Crippen LogP contribution < -0.4 is 16.0 Å². The lowest BCUT2D eigenvalue weighted by molar-refractivity contribution is 0.0600. The van der Waals surface area contributed by atoms with E-state index >= 15 is 0 Å². The highest BCUT2D eigenvalue weighted by Gasteiger charge is 2.12. The summed E-state index contributed by atoms with van der Waals surface area (Å²) in [5.41, 5.74) is 1.68. The van der Waals surface area contributed by atoms with E-state index < -0.39 is 11.9 Å². The number of hydrogen-bond donors (Lipinski definition) is 3. The number of thiocarbonyl (C=S) groups is 1. The van der Waals surface area contributed by atoms with Crippen molar-refractivity contribution >= 4 is 40.8 Å². The summed E-state index contributed by atoms with van der Waals surface area (Å²) in [6.07, 6.45) is 0. The summed E-state index contributed by atoms with van der Waals surface area (Å²) in [4.78, 5) is 35.8. The Balaban J connectivity index is 1.97. The van der Waals surface area contributed by atoms with Crippen LogP contribution in [0, 0.1) is 0 Å². The van der Waals surface area contributed by atoms with E-state index in [1.165, 1.54) is 13.2 Å². The number of ether oxygens (including phenoxy) is 1. The summed E-state index contributed by atoms with van der Waals surface area (Å²) in [7, 11) is 1.27. The fraction of sp³-hybridized carbons (Fsp3) is 0.200. The molecule has 2 rings (SSSR count). The highest BCUT2D eigenvalue weighted by Crippen LogP contribution is 2.10. The lowest BCUT2D eigenvalue weighted by Crippen LogP contribution is -2.34. The molecule has 0 aliphatic heterocycles. The van der Waals surface area contributed by atoms with Crippen LogP contribution in [0.5, 0.6) is 0 Å². The van der Waals surface area contributed by atoms with Gasteiger partial charge in [-0.25, -0.2) is 4.79 Å². The molecule has 0 saturated carbocycles. The number of anilines is 1. The van der Waals surface area contributed by atoms with E-state index in [1.807, 2.05) is 13.8 Å². The molecule has 2 amide bonds. The van der Waals surface area contributed by atoms with Crippen LogP contribution >= 0.6 is 12.2 Å². The SMILES string of the molecule is COC(=O)c1cccc(C(=O)NC(=S)Nc2ccc(C(=O)NC(C)C)cc2)c1. The van der Waals surface area contributed by atoms with Crippen LogP contribution in [0.2, 0.25) is 0 Å². The molecule has 8 heteroatoms. The van der Waals surface area contributed by atoms with Gasteiger partial charge in [-0.15, -0.1) is 0 Å². The fourth-order valence-electron chi connectivity index (χ4n) is 2.29. The molecular formula is C20H21N3O4S. The maximum Gasteiger partial charge on any atom is 0.337 e. The maximum absolute atomic E-state index is 12.3. The number of rotatable bonds is 5. The van der Waals surface area contributed by atoms with Crippen molar-refractivity contribution in [2.45, 2.75) is 19.9 Å². The lowest BCUT2D eigenvalue weighted by Gasteiger charge is -2.11. The summed E-state index contributed by atoms with van der Waals surface area (Å²) in [6, 6.07) is 12.9. The average molecular weight is 399 g/mol. The van der Waals surface area contributed by atoms with Crippen LogP contribution in [-0.2, 0) is 4.74 Å². The first-order valence-electron chi connectivity index (χ1n) is 8.51. The third-order valence-corrected chi connectivity index (χ3v) is 3.80. The standard InChI is InChI=1S/C20H21N3O4S/c1-12(2)21-17(24)13-7-9-16(10-8-13)22-20(28)23-18(25)14-5-4-6-15(11-14)19(26)27-3/h4-12H,1-3H3,(H,21,24)(H2,22,23,25,28). The molecule has 2 aromatic rings. The Morgan fingerprint density at radius 1 is 0.929 bits per heavy atom. The zero-order valence-electron chi connectivity index (χ0n) is 15.7. The molecule has 0 aliphatic carbocycles. The van der Waals surface area contributed by atoms with Gasteiger partial charge in [0.2, 0.25) is 0 Å². The zero-order valence-corrected chi connectivity index (χ0v) is 16.6. The van der Waals surface area contributed by atoms with E-state index in [4.69, 9.17) is 12.2 Å². The molecule has 0 spiro atoms. The second-order valence-electron chi connectivity index (χ2n) is 6.19. The smallest absolute Gasteiger partial charge is 0.337 e. The van der Waals surface area contributed by atoms with Gasteiger partial charge in [-0.1, -0.05) is 6.07 Å². The lowest BCUT2D eigenvalue weighted by atomic mass is 10.1. The molecule has 7 nitrogen and oxygen atoms in total. The molecule has 146 valence electrons. The molecule has 2 aromatic carbocycles. The van der Waals surface area contributed by atoms with Crippen molar-refractivity contribution in [3.05, 3.63) is 65.2 Å². The van der Waals surface area contributed by atoms with Crippen LogP contribution in [0.25, 0.3) is 0 Å². The number of carbonyl (C=O) groups excluding carboxylic acids is 3. The average Bonchev–Trinajstić information content (AvgIpc) is 2.67. The van der Waals surface area contributed by atoms with E-state index in [0.29, 0.717) is 11.3 Å². The van der Waals surface area contributed by atoms with Gasteiger partial charge in [0.05, 0.1) is 12.7 Å². The predicted octanol–water partition coefficient (Wildman–Crippen LogP) is 2.74. The van der Waals surface area contributed by atoms with Crippen LogP contribution in [0.1, 0.15) is 44.9 Å². The maximum atomic E-state index is 12.3. The van der Waals surface area contributed by atoms with Gasteiger partial charge in [-0.05, 0) is 68.5 Å². The van der Waals surface area contributed by atoms with Crippen molar-refractivity contribution in [2.24, 2.45) is 0 Å². The Kier molecular flexibility index (Phi) is 7.22. The molecule has 0 bridgehead atoms. The first-order valence-corrected chi connectivity index (χ1v) is 8.92. The number of hydrogen-bond acceptors (Lipinski definition) is 5. The van der Waals surface area contributed by atoms with Gasteiger partial charge in [0.1, 0.15) is 0 Å². The predicted molar refractivity (Wildman–Crippen MR) is 111 cm³/mol. The van der Waals surface area contributed by atoms with Crippen LogP contribution in [0.3, 0.4) is 0 Å². The van der Waals surface area contributed by atoms with Gasteiger partial charge in [0.25, 0.3) is 11.8 Å². The van der Waals surface area contributed by atoms with Crippen molar-refractivity contribution < 1.29 is 19.1 Å². The van der Waals surface area contributed by atoms with Gasteiger partial charge in [0.15, 0.2) is 5.11 Å². The number of carbonyl (C=O) groups is 3. The molecule has 0 heterocycles. The van der Waals surface area contributed by atoms with Crippen LogP contribution in [0.15, 0.2) is 48.5 Å². The summed E-state index contributed by atoms with van der Waals surface area (Å²) >= 11 is 5.15. The second kappa shape index (κ2) is 9.61. The van der Waals surface area contributed by atoms with Crippen molar-refractivity contribution in [1.82, 2.24) is 10.6 Å². The van der Waals surface area contributed by atoms with Crippen molar-refractivity contribution in [3.8, 4) is 0 Å². The summed E-state index contributed by atoms with van der Waals surface area (Å²) in [5.74, 6) is -1.16. The minimum atomic E-state index is -0.531. The molecule has 0 atom stereocenters. The fourth-order valence-corrected chi connectivity index (χ4v) is 2.50. The molecule has 3 N–H and O–H groups in total. The van der Waals surface area contributed by atoms with Crippen molar-refractivity contribution in [1.29, 1.82) is 0 Å².